The third-order valence-corrected chi connectivity index (χ3v) is 6.26. The fourth-order valence-electron chi connectivity index (χ4n) is 3.95. The number of anilines is 1. The first kappa shape index (κ1) is 25.8. The summed E-state index contributed by atoms with van der Waals surface area (Å²) in [6.07, 6.45) is -1.01. The first-order valence-electron chi connectivity index (χ1n) is 11.7. The van der Waals surface area contributed by atoms with Crippen molar-refractivity contribution in [3.8, 4) is 23.4 Å². The van der Waals surface area contributed by atoms with E-state index in [-0.39, 0.29) is 0 Å². The molecule has 1 N–H and O–H groups in total. The van der Waals surface area contributed by atoms with Crippen molar-refractivity contribution < 1.29 is 19.1 Å². The number of aromatic nitrogens is 1. The van der Waals surface area contributed by atoms with Gasteiger partial charge in [0.25, 0.3) is 5.91 Å². The molecular formula is C29H26ClN3O4. The predicted octanol–water partition coefficient (Wildman–Crippen LogP) is 6.37. The Bertz CT molecular complexity index is 1490. The third kappa shape index (κ3) is 5.76. The van der Waals surface area contributed by atoms with Gasteiger partial charge >= 0.3 is 0 Å². The van der Waals surface area contributed by atoms with Crippen LogP contribution in [0.4, 0.5) is 5.69 Å². The zero-order valence-electron chi connectivity index (χ0n) is 20.9. The number of rotatable bonds is 8. The Morgan fingerprint density at radius 1 is 1.00 bits per heavy atom. The monoisotopic (exact) mass is 515 g/mol. The molecule has 1 amide bonds. The SMILES string of the molecule is Cc1ccc(N(C)C(=O)C(C#N)C(=O)C(C)Oc2ccc(Oc3cc4cc(Cl)cc(C)c4[nH]3)cc2)cc1. The van der Waals surface area contributed by atoms with Gasteiger partial charge in [-0.2, -0.15) is 5.26 Å². The Labute approximate surface area is 220 Å². The van der Waals surface area contributed by atoms with Crippen LogP contribution in [0.1, 0.15) is 18.1 Å². The maximum Gasteiger partial charge on any atom is 0.251 e. The molecular weight excluding hydrogens is 490 g/mol. The highest BCUT2D eigenvalue weighted by molar-refractivity contribution is 6.31. The molecule has 0 radical (unpaired) electrons. The van der Waals surface area contributed by atoms with E-state index in [4.69, 9.17) is 21.1 Å². The highest BCUT2D eigenvalue weighted by atomic mass is 35.5. The first-order chi connectivity index (χ1) is 17.7. The van der Waals surface area contributed by atoms with E-state index in [9.17, 15) is 14.9 Å². The van der Waals surface area contributed by atoms with Gasteiger partial charge < -0.3 is 19.4 Å². The van der Waals surface area contributed by atoms with Crippen LogP contribution in [0.2, 0.25) is 5.02 Å². The fraction of sp³-hybridized carbons (Fsp3) is 0.207. The third-order valence-electron chi connectivity index (χ3n) is 6.04. The second kappa shape index (κ2) is 10.8. The van der Waals surface area contributed by atoms with Crippen molar-refractivity contribution >= 4 is 39.9 Å². The van der Waals surface area contributed by atoms with E-state index >= 15 is 0 Å². The average Bonchev–Trinajstić information content (AvgIpc) is 3.28. The summed E-state index contributed by atoms with van der Waals surface area (Å²) >= 11 is 6.14. The predicted molar refractivity (Wildman–Crippen MR) is 143 cm³/mol. The van der Waals surface area contributed by atoms with E-state index in [1.807, 2.05) is 50.2 Å². The van der Waals surface area contributed by atoms with E-state index in [1.165, 1.54) is 18.9 Å². The van der Waals surface area contributed by atoms with Crippen LogP contribution in [0.3, 0.4) is 0 Å². The number of nitriles is 1. The lowest BCUT2D eigenvalue weighted by Crippen LogP contribution is -2.41. The van der Waals surface area contributed by atoms with Crippen molar-refractivity contribution in [2.24, 2.45) is 5.92 Å². The highest BCUT2D eigenvalue weighted by Gasteiger charge is 2.34. The number of amides is 1. The summed E-state index contributed by atoms with van der Waals surface area (Å²) in [4.78, 5) is 30.3. The first-order valence-corrected chi connectivity index (χ1v) is 12.0. The van der Waals surface area contributed by atoms with E-state index in [0.717, 1.165) is 22.0 Å². The van der Waals surface area contributed by atoms with Gasteiger partial charge in [-0.15, -0.1) is 0 Å². The Morgan fingerprint density at radius 2 is 1.65 bits per heavy atom. The zero-order chi connectivity index (χ0) is 26.7. The summed E-state index contributed by atoms with van der Waals surface area (Å²) in [5.41, 5.74) is 3.60. The highest BCUT2D eigenvalue weighted by Crippen LogP contribution is 2.30. The summed E-state index contributed by atoms with van der Waals surface area (Å²) < 4.78 is 11.7. The van der Waals surface area contributed by atoms with Gasteiger partial charge in [-0.3, -0.25) is 9.59 Å². The number of nitrogens with zero attached hydrogens (tertiary/aromatic N) is 2. The normalized spacial score (nSPS) is 12.4. The van der Waals surface area contributed by atoms with E-state index in [0.29, 0.717) is 28.1 Å². The number of hydrogen-bond donors (Lipinski definition) is 1. The minimum Gasteiger partial charge on any atom is -0.483 e. The number of aromatic amines is 1. The molecule has 0 saturated heterocycles. The maximum atomic E-state index is 12.9. The van der Waals surface area contributed by atoms with Gasteiger partial charge in [-0.1, -0.05) is 29.3 Å². The molecule has 2 unspecified atom stereocenters. The number of ether oxygens (including phenoxy) is 2. The average molecular weight is 516 g/mol. The van der Waals surface area contributed by atoms with Gasteiger partial charge in [-0.05, 0) is 74.9 Å². The molecule has 1 heterocycles. The topological polar surface area (TPSA) is 95.4 Å². The quantitative estimate of drug-likeness (QED) is 0.275. The Balaban J connectivity index is 1.40. The number of hydrogen-bond acceptors (Lipinski definition) is 5. The lowest BCUT2D eigenvalue weighted by Gasteiger charge is -2.22. The van der Waals surface area contributed by atoms with Crippen LogP contribution in [0, 0.1) is 31.1 Å². The summed E-state index contributed by atoms with van der Waals surface area (Å²) in [7, 11) is 1.54. The fourth-order valence-corrected chi connectivity index (χ4v) is 4.23. The molecule has 1 aromatic heterocycles. The number of H-pyrrole nitrogens is 1. The number of carbonyl (C=O) groups excluding carboxylic acids is 2. The summed E-state index contributed by atoms with van der Waals surface area (Å²) in [5.74, 6) is -1.17. The van der Waals surface area contributed by atoms with Crippen molar-refractivity contribution in [2.45, 2.75) is 26.9 Å². The maximum absolute atomic E-state index is 12.9. The number of fused-ring (bicyclic) bond motifs is 1. The molecule has 0 saturated carbocycles. The van der Waals surface area contributed by atoms with E-state index in [2.05, 4.69) is 4.98 Å². The van der Waals surface area contributed by atoms with Crippen LogP contribution >= 0.6 is 11.6 Å². The molecule has 4 rings (SSSR count). The number of benzene rings is 3. The van der Waals surface area contributed by atoms with Crippen molar-refractivity contribution in [1.82, 2.24) is 4.98 Å². The van der Waals surface area contributed by atoms with Crippen molar-refractivity contribution in [3.63, 3.8) is 0 Å². The molecule has 0 aliphatic heterocycles. The lowest BCUT2D eigenvalue weighted by molar-refractivity contribution is -0.134. The second-order valence-corrected chi connectivity index (χ2v) is 9.29. The summed E-state index contributed by atoms with van der Waals surface area (Å²) in [6.45, 7) is 5.42. The van der Waals surface area contributed by atoms with Crippen LogP contribution in [-0.2, 0) is 9.59 Å². The molecule has 188 valence electrons. The zero-order valence-corrected chi connectivity index (χ0v) is 21.7. The number of ketones is 1. The Hall–Kier alpha value is -4.28. The van der Waals surface area contributed by atoms with Gasteiger partial charge in [0.2, 0.25) is 0 Å². The minimum absolute atomic E-state index is 0.406. The number of aryl methyl sites for hydroxylation is 2. The second-order valence-electron chi connectivity index (χ2n) is 8.85. The number of carbonyl (C=O) groups is 2. The lowest BCUT2D eigenvalue weighted by atomic mass is 10.00. The molecule has 7 nitrogen and oxygen atoms in total. The molecule has 2 atom stereocenters. The van der Waals surface area contributed by atoms with Gasteiger partial charge in [0.05, 0.1) is 11.6 Å². The molecule has 8 heteroatoms. The van der Waals surface area contributed by atoms with Crippen molar-refractivity contribution in [3.05, 3.63) is 82.9 Å². The smallest absolute Gasteiger partial charge is 0.251 e. The van der Waals surface area contributed by atoms with Crippen molar-refractivity contribution in [2.75, 3.05) is 11.9 Å². The number of Topliss-reactive ketones (excluding diaryl/α,β-unsaturated/α-hetero) is 1. The van der Waals surface area contributed by atoms with Crippen LogP contribution < -0.4 is 14.4 Å². The molecule has 37 heavy (non-hydrogen) atoms. The molecule has 0 aliphatic rings. The van der Waals surface area contributed by atoms with E-state index in [1.54, 1.807) is 36.4 Å². The van der Waals surface area contributed by atoms with Gasteiger partial charge in [0.15, 0.2) is 23.7 Å². The van der Waals surface area contributed by atoms with Gasteiger partial charge in [0, 0.05) is 29.2 Å². The molecule has 3 aromatic carbocycles. The van der Waals surface area contributed by atoms with Crippen LogP contribution in [0.5, 0.6) is 17.4 Å². The minimum atomic E-state index is -1.48. The molecule has 0 aliphatic carbocycles. The Morgan fingerprint density at radius 3 is 2.30 bits per heavy atom. The molecule has 0 fully saturated rings. The molecule has 4 aromatic rings. The summed E-state index contributed by atoms with van der Waals surface area (Å²) in [6, 6.07) is 21.4. The molecule has 0 bridgehead atoms. The van der Waals surface area contributed by atoms with Crippen LogP contribution in [-0.4, -0.2) is 29.8 Å². The number of halogens is 1. The Kier molecular flexibility index (Phi) is 7.51. The number of nitrogens with one attached hydrogen (secondary N) is 1. The van der Waals surface area contributed by atoms with Crippen LogP contribution in [0.25, 0.3) is 10.9 Å². The standard InChI is InChI=1S/C29H26ClN3O4/c1-17-5-7-22(8-6-17)33(4)29(35)25(16-31)28(34)19(3)36-23-9-11-24(12-10-23)37-26-15-20-14-21(30)13-18(2)27(20)32-26/h5-15,19,25,32H,1-4H3. The van der Waals surface area contributed by atoms with Crippen LogP contribution in [0.15, 0.2) is 66.7 Å². The largest absolute Gasteiger partial charge is 0.483 e. The molecule has 0 spiro atoms. The van der Waals surface area contributed by atoms with E-state index < -0.39 is 23.7 Å². The summed E-state index contributed by atoms with van der Waals surface area (Å²) in [5, 5.41) is 11.2. The van der Waals surface area contributed by atoms with Gasteiger partial charge in [-0.25, -0.2) is 0 Å². The van der Waals surface area contributed by atoms with Crippen molar-refractivity contribution in [1.29, 1.82) is 5.26 Å². The van der Waals surface area contributed by atoms with Gasteiger partial charge in [0.1, 0.15) is 11.5 Å².